The number of aliphatic carboxylic acids is 1. The van der Waals surface area contributed by atoms with Gasteiger partial charge in [0.15, 0.2) is 0 Å². The van der Waals surface area contributed by atoms with E-state index in [1.54, 1.807) is 13.0 Å². The van der Waals surface area contributed by atoms with Gasteiger partial charge < -0.3 is 10.0 Å². The smallest absolute Gasteiger partial charge is 0.394 e. The molecule has 8 heteroatoms. The fourth-order valence-corrected chi connectivity index (χ4v) is 2.53. The summed E-state index contributed by atoms with van der Waals surface area (Å²) in [4.78, 5) is 20.7. The molecule has 1 aliphatic rings. The van der Waals surface area contributed by atoms with Crippen LogP contribution in [0.5, 0.6) is 0 Å². The van der Waals surface area contributed by atoms with E-state index in [0.29, 0.717) is 18.1 Å². The molecule has 0 aromatic carbocycles. The predicted molar refractivity (Wildman–Crippen MR) is 69.0 cm³/mol. The average molecular weight is 303 g/mol. The highest BCUT2D eigenvalue weighted by Gasteiger charge is 2.52. The van der Waals surface area contributed by atoms with Crippen molar-refractivity contribution in [2.45, 2.75) is 26.4 Å². The number of rotatable bonds is 3. The fourth-order valence-electron chi connectivity index (χ4n) is 2.53. The Labute approximate surface area is 119 Å². The molecule has 21 heavy (non-hydrogen) atoms. The van der Waals surface area contributed by atoms with Gasteiger partial charge in [0, 0.05) is 24.8 Å². The number of nitrogens with zero attached hydrogens (tertiary/aromatic N) is 3. The van der Waals surface area contributed by atoms with Crippen molar-refractivity contribution in [1.82, 2.24) is 9.97 Å². The van der Waals surface area contributed by atoms with Crippen LogP contribution in [0.1, 0.15) is 18.4 Å². The van der Waals surface area contributed by atoms with E-state index in [4.69, 9.17) is 5.11 Å². The van der Waals surface area contributed by atoms with Gasteiger partial charge in [0.1, 0.15) is 11.6 Å². The molecule has 2 atom stereocenters. The highest BCUT2D eigenvalue weighted by atomic mass is 19.4. The molecule has 1 aromatic rings. The van der Waals surface area contributed by atoms with E-state index in [2.05, 4.69) is 9.97 Å². The van der Waals surface area contributed by atoms with Gasteiger partial charge in [-0.1, -0.05) is 6.92 Å². The van der Waals surface area contributed by atoms with Gasteiger partial charge in [0.2, 0.25) is 0 Å². The predicted octanol–water partition coefficient (Wildman–Crippen LogP) is 2.05. The van der Waals surface area contributed by atoms with Crippen LogP contribution in [0.15, 0.2) is 6.07 Å². The van der Waals surface area contributed by atoms with Crippen molar-refractivity contribution in [1.29, 1.82) is 0 Å². The lowest BCUT2D eigenvalue weighted by Crippen LogP contribution is -2.33. The first-order valence-corrected chi connectivity index (χ1v) is 6.61. The van der Waals surface area contributed by atoms with Crippen molar-refractivity contribution in [2.24, 2.45) is 11.8 Å². The highest BCUT2D eigenvalue weighted by Crippen LogP contribution is 2.39. The molecule has 0 bridgehead atoms. The van der Waals surface area contributed by atoms with Crippen LogP contribution in [0.3, 0.4) is 0 Å². The quantitative estimate of drug-likeness (QED) is 0.925. The summed E-state index contributed by atoms with van der Waals surface area (Å²) in [6, 6.07) is 1.62. The molecular formula is C13H16F3N3O2. The maximum atomic E-state index is 13.0. The summed E-state index contributed by atoms with van der Waals surface area (Å²) in [6.45, 7) is 2.96. The molecule has 0 saturated carbocycles. The molecule has 0 amide bonds. The minimum Gasteiger partial charge on any atom is -0.481 e. The summed E-state index contributed by atoms with van der Waals surface area (Å²) in [6.07, 6.45) is -3.90. The Morgan fingerprint density at radius 1 is 1.43 bits per heavy atom. The highest BCUT2D eigenvalue weighted by molar-refractivity contribution is 5.72. The zero-order valence-corrected chi connectivity index (χ0v) is 11.7. The van der Waals surface area contributed by atoms with E-state index in [9.17, 15) is 18.0 Å². The van der Waals surface area contributed by atoms with Crippen molar-refractivity contribution in [3.63, 3.8) is 0 Å². The van der Waals surface area contributed by atoms with Gasteiger partial charge in [-0.15, -0.1) is 0 Å². The number of aryl methyl sites for hydroxylation is 2. The number of halogens is 3. The third-order valence-electron chi connectivity index (χ3n) is 3.62. The van der Waals surface area contributed by atoms with E-state index >= 15 is 0 Å². The zero-order valence-electron chi connectivity index (χ0n) is 11.7. The minimum atomic E-state index is -4.53. The van der Waals surface area contributed by atoms with Gasteiger partial charge in [0.05, 0.1) is 11.8 Å². The van der Waals surface area contributed by atoms with Crippen molar-refractivity contribution in [3.05, 3.63) is 17.6 Å². The molecular weight excluding hydrogens is 287 g/mol. The summed E-state index contributed by atoms with van der Waals surface area (Å²) in [7, 11) is 0. The number of alkyl halides is 3. The van der Waals surface area contributed by atoms with Crippen LogP contribution < -0.4 is 4.90 Å². The van der Waals surface area contributed by atoms with Crippen molar-refractivity contribution in [3.8, 4) is 0 Å². The Bertz CT molecular complexity index is 548. The van der Waals surface area contributed by atoms with Crippen molar-refractivity contribution < 1.29 is 23.1 Å². The first-order valence-electron chi connectivity index (χ1n) is 6.61. The lowest BCUT2D eigenvalue weighted by Gasteiger charge is -2.19. The van der Waals surface area contributed by atoms with Gasteiger partial charge in [-0.25, -0.2) is 9.97 Å². The molecule has 2 rings (SSSR count). The minimum absolute atomic E-state index is 0.195. The summed E-state index contributed by atoms with van der Waals surface area (Å²) in [5, 5.41) is 9.01. The Balaban J connectivity index is 2.30. The van der Waals surface area contributed by atoms with Crippen LogP contribution in [0.4, 0.5) is 19.0 Å². The van der Waals surface area contributed by atoms with Crippen molar-refractivity contribution in [2.75, 3.05) is 18.0 Å². The number of hydrogen-bond acceptors (Lipinski definition) is 4. The van der Waals surface area contributed by atoms with E-state index in [1.165, 1.54) is 4.90 Å². The number of hydrogen-bond donors (Lipinski definition) is 1. The Kier molecular flexibility index (Phi) is 4.06. The zero-order chi connectivity index (χ0) is 15.8. The maximum absolute atomic E-state index is 13.0. The summed E-state index contributed by atoms with van der Waals surface area (Å²) in [5.41, 5.74) is 0.722. The molecule has 1 aliphatic heterocycles. The second-order valence-electron chi connectivity index (χ2n) is 5.12. The summed E-state index contributed by atoms with van der Waals surface area (Å²) >= 11 is 0. The maximum Gasteiger partial charge on any atom is 0.394 e. The standard InChI is InChI=1S/C13H16F3N3O2/c1-3-8-4-11(18-7(2)17-8)19-5-9(12(20)21)10(6-19)13(14,15)16/h4,9-10H,3,5-6H2,1-2H3,(H,20,21)/t9-,10-/m1/s1. The molecule has 2 heterocycles. The van der Waals surface area contributed by atoms with Gasteiger partial charge in [-0.3, -0.25) is 4.79 Å². The first-order chi connectivity index (χ1) is 9.72. The molecule has 5 nitrogen and oxygen atoms in total. The molecule has 0 unspecified atom stereocenters. The van der Waals surface area contributed by atoms with Gasteiger partial charge in [0.25, 0.3) is 0 Å². The van der Waals surface area contributed by atoms with Crippen LogP contribution in [-0.2, 0) is 11.2 Å². The topological polar surface area (TPSA) is 66.3 Å². The summed E-state index contributed by atoms with van der Waals surface area (Å²) < 4.78 is 38.9. The second kappa shape index (κ2) is 5.50. The van der Waals surface area contributed by atoms with E-state index in [0.717, 1.165) is 5.69 Å². The van der Waals surface area contributed by atoms with Gasteiger partial charge in [-0.2, -0.15) is 13.2 Å². The normalized spacial score (nSPS) is 22.6. The number of carbonyl (C=O) groups is 1. The number of aromatic nitrogens is 2. The van der Waals surface area contributed by atoms with Crippen LogP contribution >= 0.6 is 0 Å². The van der Waals surface area contributed by atoms with Gasteiger partial charge >= 0.3 is 12.1 Å². The summed E-state index contributed by atoms with van der Waals surface area (Å²) in [5.74, 6) is -3.95. The van der Waals surface area contributed by atoms with Crippen LogP contribution in [-0.4, -0.2) is 40.3 Å². The number of carboxylic acid groups (broad SMARTS) is 1. The second-order valence-corrected chi connectivity index (χ2v) is 5.12. The van der Waals surface area contributed by atoms with Crippen LogP contribution in [0.2, 0.25) is 0 Å². The molecule has 1 saturated heterocycles. The van der Waals surface area contributed by atoms with E-state index in [-0.39, 0.29) is 13.1 Å². The largest absolute Gasteiger partial charge is 0.481 e. The first kappa shape index (κ1) is 15.5. The van der Waals surface area contributed by atoms with Gasteiger partial charge in [-0.05, 0) is 13.3 Å². The monoisotopic (exact) mass is 303 g/mol. The molecule has 116 valence electrons. The lowest BCUT2D eigenvalue weighted by molar-refractivity contribution is -0.187. The SMILES string of the molecule is CCc1cc(N2C[C@@H](C(F)(F)F)[C@H](C(=O)O)C2)nc(C)n1. The third kappa shape index (κ3) is 3.25. The van der Waals surface area contributed by atoms with Crippen LogP contribution in [0, 0.1) is 18.8 Å². The van der Waals surface area contributed by atoms with Crippen molar-refractivity contribution >= 4 is 11.8 Å². The molecule has 1 fully saturated rings. The molecule has 0 spiro atoms. The lowest BCUT2D eigenvalue weighted by atomic mass is 9.96. The fraction of sp³-hybridized carbons (Fsp3) is 0.615. The van der Waals surface area contributed by atoms with E-state index < -0.39 is 24.0 Å². The molecule has 1 aromatic heterocycles. The van der Waals surface area contributed by atoms with E-state index in [1.807, 2.05) is 6.92 Å². The number of anilines is 1. The Morgan fingerprint density at radius 2 is 2.10 bits per heavy atom. The molecule has 0 radical (unpaired) electrons. The average Bonchev–Trinajstić information content (AvgIpc) is 2.83. The molecule has 1 N–H and O–H groups in total. The number of carboxylic acids is 1. The molecule has 0 aliphatic carbocycles. The Hall–Kier alpha value is -1.86. The Morgan fingerprint density at radius 3 is 2.57 bits per heavy atom. The third-order valence-corrected chi connectivity index (χ3v) is 3.62. The van der Waals surface area contributed by atoms with Crippen LogP contribution in [0.25, 0.3) is 0 Å².